The first-order chi connectivity index (χ1) is 8.15. The highest BCUT2D eigenvalue weighted by Crippen LogP contribution is 2.12. The van der Waals surface area contributed by atoms with E-state index in [-0.39, 0.29) is 5.91 Å². The van der Waals surface area contributed by atoms with Crippen LogP contribution >= 0.6 is 0 Å². The van der Waals surface area contributed by atoms with Crippen LogP contribution in [0, 0.1) is 0 Å². The van der Waals surface area contributed by atoms with Crippen molar-refractivity contribution in [2.24, 2.45) is 0 Å². The monoisotopic (exact) mass is 237 g/mol. The van der Waals surface area contributed by atoms with Gasteiger partial charge in [0.05, 0.1) is 19.6 Å². The van der Waals surface area contributed by atoms with E-state index in [0.717, 1.165) is 11.3 Å². The first kappa shape index (κ1) is 13.5. The van der Waals surface area contributed by atoms with E-state index in [2.05, 4.69) is 5.32 Å². The first-order valence-corrected chi connectivity index (χ1v) is 5.73. The van der Waals surface area contributed by atoms with Gasteiger partial charge in [-0.2, -0.15) is 0 Å². The SMILES string of the molecule is CCC(O)CNC(=O)Cc1cccc(OC)c1. The largest absolute Gasteiger partial charge is 0.497 e. The molecule has 1 rings (SSSR count). The van der Waals surface area contributed by atoms with E-state index < -0.39 is 6.10 Å². The van der Waals surface area contributed by atoms with Gasteiger partial charge in [0.15, 0.2) is 0 Å². The second kappa shape index (κ2) is 6.91. The molecule has 1 aromatic carbocycles. The number of aliphatic hydroxyl groups is 1. The number of methoxy groups -OCH3 is 1. The summed E-state index contributed by atoms with van der Waals surface area (Å²) in [7, 11) is 1.59. The highest BCUT2D eigenvalue weighted by atomic mass is 16.5. The number of nitrogens with one attached hydrogen (secondary N) is 1. The lowest BCUT2D eigenvalue weighted by molar-refractivity contribution is -0.120. The van der Waals surface area contributed by atoms with Gasteiger partial charge in [0.1, 0.15) is 5.75 Å². The summed E-state index contributed by atoms with van der Waals surface area (Å²) in [4.78, 5) is 11.6. The van der Waals surface area contributed by atoms with Crippen molar-refractivity contribution >= 4 is 5.91 Å². The number of carbonyl (C=O) groups excluding carboxylic acids is 1. The van der Waals surface area contributed by atoms with Crippen LogP contribution in [0.3, 0.4) is 0 Å². The summed E-state index contributed by atoms with van der Waals surface area (Å²) in [6.07, 6.45) is 0.469. The zero-order valence-corrected chi connectivity index (χ0v) is 10.3. The normalized spacial score (nSPS) is 11.9. The summed E-state index contributed by atoms with van der Waals surface area (Å²) < 4.78 is 5.08. The lowest BCUT2D eigenvalue weighted by Crippen LogP contribution is -2.32. The van der Waals surface area contributed by atoms with E-state index in [0.29, 0.717) is 19.4 Å². The third-order valence-corrected chi connectivity index (χ3v) is 2.50. The fraction of sp³-hybridized carbons (Fsp3) is 0.462. The Morgan fingerprint density at radius 2 is 2.29 bits per heavy atom. The van der Waals surface area contributed by atoms with Crippen LogP contribution in [0.1, 0.15) is 18.9 Å². The number of rotatable bonds is 6. The smallest absolute Gasteiger partial charge is 0.224 e. The van der Waals surface area contributed by atoms with E-state index in [4.69, 9.17) is 4.74 Å². The van der Waals surface area contributed by atoms with Gasteiger partial charge in [0.25, 0.3) is 0 Å². The third-order valence-electron chi connectivity index (χ3n) is 2.50. The lowest BCUT2D eigenvalue weighted by atomic mass is 10.1. The molecule has 0 bridgehead atoms. The predicted octanol–water partition coefficient (Wildman–Crippen LogP) is 1.12. The highest BCUT2D eigenvalue weighted by Gasteiger charge is 2.06. The molecule has 1 unspecified atom stereocenters. The van der Waals surface area contributed by atoms with Crippen molar-refractivity contribution in [3.8, 4) is 5.75 Å². The molecule has 4 heteroatoms. The quantitative estimate of drug-likeness (QED) is 0.779. The molecule has 0 saturated heterocycles. The maximum atomic E-state index is 11.6. The van der Waals surface area contributed by atoms with Gasteiger partial charge < -0.3 is 15.2 Å². The third kappa shape index (κ3) is 4.87. The Morgan fingerprint density at radius 1 is 1.53 bits per heavy atom. The lowest BCUT2D eigenvalue weighted by Gasteiger charge is -2.09. The molecule has 0 saturated carbocycles. The van der Waals surface area contributed by atoms with Gasteiger partial charge in [0.2, 0.25) is 5.91 Å². The molecule has 0 spiro atoms. The minimum atomic E-state index is -0.468. The van der Waals surface area contributed by atoms with Gasteiger partial charge in [-0.1, -0.05) is 19.1 Å². The van der Waals surface area contributed by atoms with Crippen molar-refractivity contribution in [2.75, 3.05) is 13.7 Å². The molecule has 0 fully saturated rings. The number of hydrogen-bond acceptors (Lipinski definition) is 3. The van der Waals surface area contributed by atoms with Crippen molar-refractivity contribution in [1.29, 1.82) is 0 Å². The Balaban J connectivity index is 2.44. The molecule has 0 aliphatic heterocycles. The highest BCUT2D eigenvalue weighted by molar-refractivity contribution is 5.78. The van der Waals surface area contributed by atoms with Gasteiger partial charge in [-0.3, -0.25) is 4.79 Å². The number of amides is 1. The van der Waals surface area contributed by atoms with Crippen molar-refractivity contribution < 1.29 is 14.6 Å². The Bertz CT molecular complexity index is 365. The summed E-state index contributed by atoms with van der Waals surface area (Å²) in [6.45, 7) is 2.18. The van der Waals surface area contributed by atoms with Crippen molar-refractivity contribution in [2.45, 2.75) is 25.9 Å². The second-order valence-corrected chi connectivity index (χ2v) is 3.89. The Labute approximate surface area is 102 Å². The van der Waals surface area contributed by atoms with Gasteiger partial charge >= 0.3 is 0 Å². The fourth-order valence-electron chi connectivity index (χ4n) is 1.41. The van der Waals surface area contributed by atoms with Gasteiger partial charge in [0, 0.05) is 6.54 Å². The summed E-state index contributed by atoms with van der Waals surface area (Å²) in [6, 6.07) is 7.39. The maximum absolute atomic E-state index is 11.6. The average Bonchev–Trinajstić information content (AvgIpc) is 2.36. The number of aliphatic hydroxyl groups excluding tert-OH is 1. The molecular formula is C13H19NO3. The predicted molar refractivity (Wildman–Crippen MR) is 66.0 cm³/mol. The molecular weight excluding hydrogens is 218 g/mol. The molecule has 0 radical (unpaired) electrons. The number of ether oxygens (including phenoxy) is 1. The average molecular weight is 237 g/mol. The standard InChI is InChI=1S/C13H19NO3/c1-3-11(15)9-14-13(16)8-10-5-4-6-12(7-10)17-2/h4-7,11,15H,3,8-9H2,1-2H3,(H,14,16). The molecule has 0 aromatic heterocycles. The van der Waals surface area contributed by atoms with E-state index in [9.17, 15) is 9.90 Å². The van der Waals surface area contributed by atoms with Crippen LogP contribution in [-0.4, -0.2) is 30.8 Å². The van der Waals surface area contributed by atoms with Crippen LogP contribution < -0.4 is 10.1 Å². The second-order valence-electron chi connectivity index (χ2n) is 3.89. The summed E-state index contributed by atoms with van der Waals surface area (Å²) in [5, 5.41) is 12.0. The summed E-state index contributed by atoms with van der Waals surface area (Å²) in [5.74, 6) is 0.648. The molecule has 0 aliphatic rings. The van der Waals surface area contributed by atoms with Crippen LogP contribution in [0.25, 0.3) is 0 Å². The molecule has 0 aliphatic carbocycles. The molecule has 94 valence electrons. The molecule has 1 atom stereocenters. The zero-order valence-electron chi connectivity index (χ0n) is 10.3. The van der Waals surface area contributed by atoms with Crippen LogP contribution in [0.4, 0.5) is 0 Å². The van der Waals surface area contributed by atoms with Gasteiger partial charge in [-0.15, -0.1) is 0 Å². The Kier molecular flexibility index (Phi) is 5.49. The molecule has 4 nitrogen and oxygen atoms in total. The number of benzene rings is 1. The van der Waals surface area contributed by atoms with E-state index in [1.54, 1.807) is 7.11 Å². The Hall–Kier alpha value is -1.55. The van der Waals surface area contributed by atoms with Crippen molar-refractivity contribution in [1.82, 2.24) is 5.32 Å². The van der Waals surface area contributed by atoms with E-state index >= 15 is 0 Å². The van der Waals surface area contributed by atoms with Gasteiger partial charge in [-0.05, 0) is 24.1 Å². The maximum Gasteiger partial charge on any atom is 0.224 e. The van der Waals surface area contributed by atoms with E-state index in [1.165, 1.54) is 0 Å². The minimum absolute atomic E-state index is 0.0919. The van der Waals surface area contributed by atoms with E-state index in [1.807, 2.05) is 31.2 Å². The van der Waals surface area contributed by atoms with Crippen LogP contribution in [0.2, 0.25) is 0 Å². The van der Waals surface area contributed by atoms with Crippen LogP contribution in [0.15, 0.2) is 24.3 Å². The summed E-state index contributed by atoms with van der Waals surface area (Å²) in [5.41, 5.74) is 0.896. The first-order valence-electron chi connectivity index (χ1n) is 5.73. The zero-order chi connectivity index (χ0) is 12.7. The molecule has 1 aromatic rings. The van der Waals surface area contributed by atoms with Crippen LogP contribution in [0.5, 0.6) is 5.75 Å². The van der Waals surface area contributed by atoms with Crippen molar-refractivity contribution in [3.63, 3.8) is 0 Å². The minimum Gasteiger partial charge on any atom is -0.497 e. The molecule has 0 heterocycles. The number of carbonyl (C=O) groups is 1. The number of hydrogen-bond donors (Lipinski definition) is 2. The molecule has 2 N–H and O–H groups in total. The molecule has 17 heavy (non-hydrogen) atoms. The fourth-order valence-corrected chi connectivity index (χ4v) is 1.41. The van der Waals surface area contributed by atoms with Crippen LogP contribution in [-0.2, 0) is 11.2 Å². The summed E-state index contributed by atoms with van der Waals surface area (Å²) >= 11 is 0. The van der Waals surface area contributed by atoms with Gasteiger partial charge in [-0.25, -0.2) is 0 Å². The topological polar surface area (TPSA) is 58.6 Å². The Morgan fingerprint density at radius 3 is 2.94 bits per heavy atom. The molecule has 1 amide bonds. The van der Waals surface area contributed by atoms with Crippen molar-refractivity contribution in [3.05, 3.63) is 29.8 Å².